The topological polar surface area (TPSA) is 66.9 Å². The molecule has 1 aromatic rings. The normalized spacial score (nSPS) is 21.0. The van der Waals surface area contributed by atoms with E-state index in [4.69, 9.17) is 4.74 Å². The molecule has 3 rings (SSSR count). The second-order valence-electron chi connectivity index (χ2n) is 7.21. The van der Waals surface area contributed by atoms with Gasteiger partial charge in [0.15, 0.2) is 9.84 Å². The Bertz CT molecular complexity index is 802. The molecule has 26 heavy (non-hydrogen) atoms. The Labute approximate surface area is 155 Å². The predicted molar refractivity (Wildman–Crippen MR) is 102 cm³/mol. The summed E-state index contributed by atoms with van der Waals surface area (Å²) < 4.78 is 29.5. The average molecular weight is 378 g/mol. The van der Waals surface area contributed by atoms with Gasteiger partial charge in [-0.2, -0.15) is 0 Å². The minimum Gasteiger partial charge on any atom is -0.488 e. The molecule has 2 aliphatic rings. The van der Waals surface area contributed by atoms with E-state index in [1.807, 2.05) is 44.4 Å². The van der Waals surface area contributed by atoms with E-state index >= 15 is 0 Å². The molecule has 0 aliphatic carbocycles. The number of carbonyl (C=O) groups excluding carboxylic acids is 1. The van der Waals surface area contributed by atoms with E-state index < -0.39 is 9.84 Å². The minimum atomic E-state index is -3.05. The van der Waals surface area contributed by atoms with Gasteiger partial charge in [0.25, 0.3) is 5.91 Å². The fourth-order valence-corrected chi connectivity index (χ4v) is 5.18. The molecule has 1 amide bonds. The predicted octanol–water partition coefficient (Wildman–Crippen LogP) is 1.43. The van der Waals surface area contributed by atoms with Crippen LogP contribution in [0.2, 0.25) is 0 Å². The van der Waals surface area contributed by atoms with E-state index in [0.29, 0.717) is 18.5 Å². The summed E-state index contributed by atoms with van der Waals surface area (Å²) in [5.41, 5.74) is 1.47. The molecule has 0 saturated carbocycles. The number of amides is 1. The fourth-order valence-electron chi connectivity index (χ4n) is 3.45. The van der Waals surface area contributed by atoms with E-state index in [0.717, 1.165) is 24.3 Å². The van der Waals surface area contributed by atoms with Crippen molar-refractivity contribution in [1.29, 1.82) is 0 Å². The van der Waals surface area contributed by atoms with Gasteiger partial charge in [-0.25, -0.2) is 8.42 Å². The highest BCUT2D eigenvalue weighted by molar-refractivity contribution is 7.91. The number of carbonyl (C=O) groups is 1. The van der Waals surface area contributed by atoms with Crippen LogP contribution in [-0.4, -0.2) is 75.5 Å². The standard InChI is InChI=1S/C19H26N2O4S/c1-20(2)9-5-10-21(17-8-11-26(23,24)14-17)19(22)16-12-15-6-3-4-7-18(15)25-13-16/h3-4,6-7,12,17H,5,8-11,13-14H2,1-2H3. The van der Waals surface area contributed by atoms with Crippen LogP contribution in [-0.2, 0) is 14.6 Å². The molecule has 6 nitrogen and oxygen atoms in total. The number of benzene rings is 1. The van der Waals surface area contributed by atoms with Crippen LogP contribution in [0.15, 0.2) is 29.8 Å². The fraction of sp³-hybridized carbons (Fsp3) is 0.526. The zero-order valence-electron chi connectivity index (χ0n) is 15.3. The molecule has 2 aliphatic heterocycles. The summed E-state index contributed by atoms with van der Waals surface area (Å²) in [4.78, 5) is 17.0. The summed E-state index contributed by atoms with van der Waals surface area (Å²) in [6, 6.07) is 7.36. The van der Waals surface area contributed by atoms with Crippen molar-refractivity contribution in [2.45, 2.75) is 18.9 Å². The molecular weight excluding hydrogens is 352 g/mol. The van der Waals surface area contributed by atoms with E-state index in [9.17, 15) is 13.2 Å². The van der Waals surface area contributed by atoms with Crippen molar-refractivity contribution in [3.05, 3.63) is 35.4 Å². The van der Waals surface area contributed by atoms with Gasteiger partial charge in [0, 0.05) is 18.2 Å². The monoisotopic (exact) mass is 378 g/mol. The van der Waals surface area contributed by atoms with Crippen molar-refractivity contribution in [2.24, 2.45) is 0 Å². The van der Waals surface area contributed by atoms with Gasteiger partial charge in [-0.3, -0.25) is 4.79 Å². The zero-order valence-corrected chi connectivity index (χ0v) is 16.2. The third-order valence-corrected chi connectivity index (χ3v) is 6.57. The maximum atomic E-state index is 13.2. The molecule has 1 aromatic carbocycles. The first-order chi connectivity index (χ1) is 12.4. The minimum absolute atomic E-state index is 0.0609. The first-order valence-electron chi connectivity index (χ1n) is 8.94. The average Bonchev–Trinajstić information content (AvgIpc) is 2.97. The Balaban J connectivity index is 1.79. The molecule has 7 heteroatoms. The molecule has 1 fully saturated rings. The Kier molecular flexibility index (Phi) is 5.67. The molecular formula is C19H26N2O4S. The third kappa shape index (κ3) is 4.45. The molecule has 142 valence electrons. The lowest BCUT2D eigenvalue weighted by atomic mass is 10.1. The highest BCUT2D eigenvalue weighted by Gasteiger charge is 2.35. The van der Waals surface area contributed by atoms with Crippen molar-refractivity contribution in [2.75, 3.05) is 45.3 Å². The second-order valence-corrected chi connectivity index (χ2v) is 9.44. The first-order valence-corrected chi connectivity index (χ1v) is 10.8. The van der Waals surface area contributed by atoms with Crippen LogP contribution < -0.4 is 4.74 Å². The van der Waals surface area contributed by atoms with Gasteiger partial charge in [-0.15, -0.1) is 0 Å². The van der Waals surface area contributed by atoms with Crippen LogP contribution in [0.25, 0.3) is 6.08 Å². The summed E-state index contributed by atoms with van der Waals surface area (Å²) in [7, 11) is 0.924. The van der Waals surface area contributed by atoms with Gasteiger partial charge in [0.1, 0.15) is 12.4 Å². The summed E-state index contributed by atoms with van der Waals surface area (Å²) in [5.74, 6) is 0.880. The SMILES string of the molecule is CN(C)CCCN(C(=O)C1=Cc2ccccc2OC1)C1CCS(=O)(=O)C1. The van der Waals surface area contributed by atoms with E-state index in [1.165, 1.54) is 0 Å². The van der Waals surface area contributed by atoms with Gasteiger partial charge in [0.2, 0.25) is 0 Å². The van der Waals surface area contributed by atoms with Gasteiger partial charge in [-0.05, 0) is 45.6 Å². The maximum absolute atomic E-state index is 13.2. The molecule has 2 heterocycles. The van der Waals surface area contributed by atoms with Crippen LogP contribution in [0, 0.1) is 0 Å². The Hall–Kier alpha value is -1.86. The molecule has 1 atom stereocenters. The van der Waals surface area contributed by atoms with Crippen LogP contribution in [0.5, 0.6) is 5.75 Å². The third-order valence-electron chi connectivity index (χ3n) is 4.82. The smallest absolute Gasteiger partial charge is 0.253 e. The van der Waals surface area contributed by atoms with Crippen LogP contribution in [0.4, 0.5) is 0 Å². The van der Waals surface area contributed by atoms with Crippen molar-refractivity contribution >= 4 is 21.8 Å². The van der Waals surface area contributed by atoms with Crippen LogP contribution in [0.3, 0.4) is 0 Å². The first kappa shape index (κ1) is 18.9. The summed E-state index contributed by atoms with van der Waals surface area (Å²) >= 11 is 0. The molecule has 0 bridgehead atoms. The van der Waals surface area contributed by atoms with Crippen molar-refractivity contribution < 1.29 is 17.9 Å². The van der Waals surface area contributed by atoms with Crippen molar-refractivity contribution in [3.63, 3.8) is 0 Å². The molecule has 0 radical (unpaired) electrons. The lowest BCUT2D eigenvalue weighted by Crippen LogP contribution is -2.44. The lowest BCUT2D eigenvalue weighted by Gasteiger charge is -2.30. The van der Waals surface area contributed by atoms with E-state index in [-0.39, 0.29) is 30.1 Å². The molecule has 1 saturated heterocycles. The largest absolute Gasteiger partial charge is 0.488 e. The highest BCUT2D eigenvalue weighted by atomic mass is 32.2. The summed E-state index contributed by atoms with van der Waals surface area (Å²) in [6.07, 6.45) is 3.18. The number of para-hydroxylation sites is 1. The second kappa shape index (κ2) is 7.80. The number of ether oxygens (including phenoxy) is 1. The van der Waals surface area contributed by atoms with Crippen molar-refractivity contribution in [1.82, 2.24) is 9.80 Å². The van der Waals surface area contributed by atoms with Gasteiger partial charge >= 0.3 is 0 Å². The van der Waals surface area contributed by atoms with E-state index in [1.54, 1.807) is 4.90 Å². The quantitative estimate of drug-likeness (QED) is 0.749. The number of hydrogen-bond acceptors (Lipinski definition) is 5. The zero-order chi connectivity index (χ0) is 18.7. The van der Waals surface area contributed by atoms with Crippen molar-refractivity contribution in [3.8, 4) is 5.75 Å². The Morgan fingerprint density at radius 2 is 2.00 bits per heavy atom. The maximum Gasteiger partial charge on any atom is 0.253 e. The van der Waals surface area contributed by atoms with Gasteiger partial charge in [0.05, 0.1) is 17.1 Å². The molecule has 0 aromatic heterocycles. The lowest BCUT2D eigenvalue weighted by molar-refractivity contribution is -0.129. The number of nitrogens with zero attached hydrogens (tertiary/aromatic N) is 2. The van der Waals surface area contributed by atoms with Crippen LogP contribution in [0.1, 0.15) is 18.4 Å². The summed E-state index contributed by atoms with van der Waals surface area (Å²) in [6.45, 7) is 1.62. The number of fused-ring (bicyclic) bond motifs is 1. The van der Waals surface area contributed by atoms with Gasteiger partial charge < -0.3 is 14.5 Å². The molecule has 0 N–H and O–H groups in total. The van der Waals surface area contributed by atoms with E-state index in [2.05, 4.69) is 4.90 Å². The number of rotatable bonds is 6. The number of hydrogen-bond donors (Lipinski definition) is 0. The molecule has 1 unspecified atom stereocenters. The Morgan fingerprint density at radius 1 is 1.23 bits per heavy atom. The van der Waals surface area contributed by atoms with Gasteiger partial charge in [-0.1, -0.05) is 18.2 Å². The summed E-state index contributed by atoms with van der Waals surface area (Å²) in [5, 5.41) is 0. The number of sulfone groups is 1. The van der Waals surface area contributed by atoms with Crippen LogP contribution >= 0.6 is 0 Å². The molecule has 0 spiro atoms. The highest BCUT2D eigenvalue weighted by Crippen LogP contribution is 2.28. The Morgan fingerprint density at radius 3 is 2.69 bits per heavy atom.